The number of aromatic nitrogens is 3. The monoisotopic (exact) mass is 566 g/mol. The first kappa shape index (κ1) is 21.8. The first-order valence-electron chi connectivity index (χ1n) is 7.35. The van der Waals surface area contributed by atoms with Gasteiger partial charge in [0.25, 0.3) is 0 Å². The Balaban J connectivity index is 0.000000273. The van der Waals surface area contributed by atoms with E-state index >= 15 is 0 Å². The van der Waals surface area contributed by atoms with E-state index in [0.29, 0.717) is 11.5 Å². The molecule has 4 nitrogen and oxygen atoms in total. The lowest BCUT2D eigenvalue weighted by molar-refractivity contribution is -0.141. The second-order valence-corrected chi connectivity index (χ2v) is 7.76. The van der Waals surface area contributed by atoms with Crippen molar-refractivity contribution < 1.29 is 13.2 Å². The van der Waals surface area contributed by atoms with Gasteiger partial charge in [0, 0.05) is 21.3 Å². The van der Waals surface area contributed by atoms with E-state index in [2.05, 4.69) is 68.1 Å². The Kier molecular flexibility index (Phi) is 7.75. The topological polar surface area (TPSA) is 50.7 Å². The molecule has 0 unspecified atom stereocenters. The number of hydrogen-bond donors (Lipinski definition) is 1. The summed E-state index contributed by atoms with van der Waals surface area (Å²) in [5.74, 6) is 0.535. The number of nitrogens with one attached hydrogen (secondary N) is 1. The summed E-state index contributed by atoms with van der Waals surface area (Å²) >= 11 is 9.72. The molecule has 3 aromatic rings. The third kappa shape index (κ3) is 7.19. The van der Waals surface area contributed by atoms with Crippen LogP contribution in [0.25, 0.3) is 0 Å². The van der Waals surface area contributed by atoms with E-state index < -0.39 is 11.9 Å². The Hall–Kier alpha value is -1.52. The van der Waals surface area contributed by atoms with Crippen LogP contribution in [0.4, 0.5) is 24.7 Å². The molecular weight excluding hydrogens is 557 g/mol. The van der Waals surface area contributed by atoms with Gasteiger partial charge in [-0.15, -0.1) is 0 Å². The first-order chi connectivity index (χ1) is 12.6. The van der Waals surface area contributed by atoms with Crippen molar-refractivity contribution in [3.8, 4) is 0 Å². The summed E-state index contributed by atoms with van der Waals surface area (Å²) in [5.41, 5.74) is -0.151. The van der Waals surface area contributed by atoms with Crippen molar-refractivity contribution in [1.82, 2.24) is 15.0 Å². The fourth-order valence-electron chi connectivity index (χ4n) is 1.80. The lowest BCUT2D eigenvalue weighted by Gasteiger charge is -2.11. The van der Waals surface area contributed by atoms with Gasteiger partial charge in [-0.1, -0.05) is 0 Å². The van der Waals surface area contributed by atoms with E-state index in [1.54, 1.807) is 24.5 Å². The quantitative estimate of drug-likeness (QED) is 0.341. The van der Waals surface area contributed by atoms with Gasteiger partial charge in [0.1, 0.15) is 16.1 Å². The molecular formula is C17H12Br3F3N4. The van der Waals surface area contributed by atoms with E-state index in [9.17, 15) is 13.2 Å². The molecule has 0 saturated carbocycles. The largest absolute Gasteiger partial charge is 0.433 e. The molecule has 0 saturated heterocycles. The van der Waals surface area contributed by atoms with E-state index in [1.807, 2.05) is 12.1 Å². The van der Waals surface area contributed by atoms with Crippen LogP contribution in [0.2, 0.25) is 0 Å². The number of aryl methyl sites for hydroxylation is 1. The number of hydrogen-bond acceptors (Lipinski definition) is 4. The molecule has 0 atom stereocenters. The Bertz CT molecular complexity index is 864. The van der Waals surface area contributed by atoms with Crippen LogP contribution in [-0.4, -0.2) is 15.0 Å². The van der Waals surface area contributed by atoms with Crippen LogP contribution in [0.5, 0.6) is 0 Å². The summed E-state index contributed by atoms with van der Waals surface area (Å²) in [6.45, 7) is 1.51. The van der Waals surface area contributed by atoms with Crippen LogP contribution in [0.15, 0.2) is 62.3 Å². The fourth-order valence-corrected chi connectivity index (χ4v) is 2.50. The minimum absolute atomic E-state index is 0.263. The predicted molar refractivity (Wildman–Crippen MR) is 109 cm³/mol. The summed E-state index contributed by atoms with van der Waals surface area (Å²) in [5, 5.41) is 2.92. The predicted octanol–water partition coefficient (Wildman–Crippen LogP) is 6.92. The molecule has 0 aromatic carbocycles. The number of alkyl halides is 3. The van der Waals surface area contributed by atoms with Crippen LogP contribution >= 0.6 is 47.8 Å². The molecule has 0 aliphatic rings. The van der Waals surface area contributed by atoms with Gasteiger partial charge in [0.2, 0.25) is 0 Å². The molecule has 0 fully saturated rings. The standard InChI is InChI=1S/C12H9BrF3N3.C5H3Br2N/c1-7-9(3-4-10(18-7)12(14,15)16)19-11-5-2-8(13)6-17-11;6-4-1-2-5(7)8-3-4/h2-6H,1H3,(H,17,19);1-3H. The zero-order valence-corrected chi connectivity index (χ0v) is 18.5. The van der Waals surface area contributed by atoms with Gasteiger partial charge in [0.05, 0.1) is 11.4 Å². The van der Waals surface area contributed by atoms with E-state index in [1.165, 1.54) is 13.0 Å². The van der Waals surface area contributed by atoms with Gasteiger partial charge >= 0.3 is 6.18 Å². The second-order valence-electron chi connectivity index (χ2n) is 5.11. The minimum atomic E-state index is -4.43. The van der Waals surface area contributed by atoms with E-state index in [-0.39, 0.29) is 5.69 Å². The molecule has 3 rings (SSSR count). The van der Waals surface area contributed by atoms with Gasteiger partial charge in [-0.3, -0.25) is 0 Å². The van der Waals surface area contributed by atoms with E-state index in [0.717, 1.165) is 19.6 Å². The summed E-state index contributed by atoms with van der Waals surface area (Å²) in [6.07, 6.45) is -1.10. The fraction of sp³-hybridized carbons (Fsp3) is 0.118. The second kappa shape index (κ2) is 9.61. The van der Waals surface area contributed by atoms with Crippen molar-refractivity contribution in [2.45, 2.75) is 13.1 Å². The third-order valence-corrected chi connectivity index (χ3v) is 4.46. The Morgan fingerprint density at radius 2 is 1.48 bits per heavy atom. The maximum Gasteiger partial charge on any atom is 0.433 e. The molecule has 142 valence electrons. The van der Waals surface area contributed by atoms with E-state index in [4.69, 9.17) is 0 Å². The lowest BCUT2D eigenvalue weighted by Crippen LogP contribution is -2.09. The van der Waals surface area contributed by atoms with Crippen molar-refractivity contribution >= 4 is 59.3 Å². The molecule has 0 spiro atoms. The van der Waals surface area contributed by atoms with Gasteiger partial charge in [-0.25, -0.2) is 15.0 Å². The molecule has 3 heterocycles. The maximum absolute atomic E-state index is 12.5. The van der Waals surface area contributed by atoms with Gasteiger partial charge in [-0.2, -0.15) is 13.2 Å². The highest BCUT2D eigenvalue weighted by atomic mass is 79.9. The zero-order valence-electron chi connectivity index (χ0n) is 13.7. The average molecular weight is 569 g/mol. The smallest absolute Gasteiger partial charge is 0.339 e. The zero-order chi connectivity index (χ0) is 20.0. The normalized spacial score (nSPS) is 10.8. The van der Waals surface area contributed by atoms with Crippen LogP contribution in [0.1, 0.15) is 11.4 Å². The third-order valence-electron chi connectivity index (χ3n) is 3.06. The SMILES string of the molecule is Brc1ccc(Br)nc1.Cc1nc(C(F)(F)F)ccc1Nc1ccc(Br)cn1. The summed E-state index contributed by atoms with van der Waals surface area (Å²) < 4.78 is 40.1. The average Bonchev–Trinajstić information content (AvgIpc) is 2.61. The van der Waals surface area contributed by atoms with Crippen molar-refractivity contribution in [3.63, 3.8) is 0 Å². The van der Waals surface area contributed by atoms with Crippen molar-refractivity contribution in [2.75, 3.05) is 5.32 Å². The summed E-state index contributed by atoms with van der Waals surface area (Å²) in [4.78, 5) is 11.6. The number of anilines is 2. The van der Waals surface area contributed by atoms with Crippen molar-refractivity contribution in [3.05, 3.63) is 73.7 Å². The van der Waals surface area contributed by atoms with Crippen molar-refractivity contribution in [2.24, 2.45) is 0 Å². The molecule has 3 aromatic heterocycles. The number of rotatable bonds is 2. The van der Waals surface area contributed by atoms with Crippen LogP contribution in [0, 0.1) is 6.92 Å². The first-order valence-corrected chi connectivity index (χ1v) is 9.73. The molecule has 0 aliphatic carbocycles. The van der Waals surface area contributed by atoms with Crippen LogP contribution in [-0.2, 0) is 6.18 Å². The molecule has 0 radical (unpaired) electrons. The Morgan fingerprint density at radius 3 is 1.93 bits per heavy atom. The number of halogens is 6. The van der Waals surface area contributed by atoms with Crippen LogP contribution < -0.4 is 5.32 Å². The van der Waals surface area contributed by atoms with Crippen molar-refractivity contribution in [1.29, 1.82) is 0 Å². The highest BCUT2D eigenvalue weighted by molar-refractivity contribution is 9.11. The number of pyridine rings is 3. The summed E-state index contributed by atoms with van der Waals surface area (Å²) in [7, 11) is 0. The minimum Gasteiger partial charge on any atom is -0.339 e. The van der Waals surface area contributed by atoms with Gasteiger partial charge < -0.3 is 5.32 Å². The highest BCUT2D eigenvalue weighted by Crippen LogP contribution is 2.29. The van der Waals surface area contributed by atoms with Crippen LogP contribution in [0.3, 0.4) is 0 Å². The highest BCUT2D eigenvalue weighted by Gasteiger charge is 2.32. The van der Waals surface area contributed by atoms with Gasteiger partial charge in [-0.05, 0) is 91.1 Å². The molecule has 27 heavy (non-hydrogen) atoms. The molecule has 0 bridgehead atoms. The number of nitrogens with zero attached hydrogens (tertiary/aromatic N) is 3. The maximum atomic E-state index is 12.5. The Morgan fingerprint density at radius 1 is 0.852 bits per heavy atom. The Labute approximate surface area is 179 Å². The molecule has 0 amide bonds. The molecule has 1 N–H and O–H groups in total. The molecule has 10 heteroatoms. The molecule has 0 aliphatic heterocycles. The van der Waals surface area contributed by atoms with Gasteiger partial charge in [0.15, 0.2) is 0 Å². The lowest BCUT2D eigenvalue weighted by atomic mass is 10.2. The summed E-state index contributed by atoms with van der Waals surface area (Å²) in [6, 6.07) is 9.58.